The number of rotatable bonds is 8. The van der Waals surface area contributed by atoms with Crippen molar-refractivity contribution in [3.05, 3.63) is 66.6 Å². The van der Waals surface area contributed by atoms with Crippen molar-refractivity contribution in [1.82, 2.24) is 15.2 Å². The van der Waals surface area contributed by atoms with Crippen LogP contribution in [-0.4, -0.2) is 41.3 Å². The normalized spacial score (nSPS) is 13.4. The molecule has 160 valence electrons. The molecule has 0 unspecified atom stereocenters. The van der Waals surface area contributed by atoms with Crippen LogP contribution < -0.4 is 5.32 Å². The first-order valence-corrected chi connectivity index (χ1v) is 10.9. The number of carbonyl (C=O) groups excluding carboxylic acids is 2. The number of oxazole rings is 1. The van der Waals surface area contributed by atoms with Crippen molar-refractivity contribution in [2.75, 3.05) is 19.6 Å². The molecule has 0 saturated carbocycles. The maximum atomic E-state index is 12.2. The number of hydrogen-bond donors (Lipinski definition) is 1. The number of aromatic nitrogens is 1. The Morgan fingerprint density at radius 1 is 0.903 bits per heavy atom. The lowest BCUT2D eigenvalue weighted by molar-refractivity contribution is -0.130. The Morgan fingerprint density at radius 3 is 2.23 bits per heavy atom. The van der Waals surface area contributed by atoms with Gasteiger partial charge in [0.1, 0.15) is 5.69 Å². The van der Waals surface area contributed by atoms with Crippen molar-refractivity contribution < 1.29 is 14.0 Å². The molecule has 2 heterocycles. The summed E-state index contributed by atoms with van der Waals surface area (Å²) in [7, 11) is 0. The molecule has 0 atom stereocenters. The van der Waals surface area contributed by atoms with Crippen LogP contribution in [0.3, 0.4) is 0 Å². The van der Waals surface area contributed by atoms with Crippen molar-refractivity contribution in [1.29, 1.82) is 0 Å². The second kappa shape index (κ2) is 10.1. The van der Waals surface area contributed by atoms with Crippen LogP contribution >= 0.6 is 0 Å². The molecule has 0 radical (unpaired) electrons. The fourth-order valence-electron chi connectivity index (χ4n) is 3.79. The second-order valence-electron chi connectivity index (χ2n) is 7.71. The van der Waals surface area contributed by atoms with Crippen LogP contribution in [-0.2, 0) is 16.0 Å². The standard InChI is InChI=1S/C25H27N3O3/c29-21(26-16-15-23(30)28-17-7-8-18-28)13-14-22-27-24(19-9-3-1-4-10-19)25(31-22)20-11-5-2-6-12-20/h1-6,9-12H,7-8,13-18H2,(H,26,29). The molecule has 6 heteroatoms. The summed E-state index contributed by atoms with van der Waals surface area (Å²) in [6, 6.07) is 19.8. The monoisotopic (exact) mass is 417 g/mol. The summed E-state index contributed by atoms with van der Waals surface area (Å²) in [5.41, 5.74) is 2.70. The molecule has 1 N–H and O–H groups in total. The minimum atomic E-state index is -0.102. The lowest BCUT2D eigenvalue weighted by atomic mass is 10.1. The summed E-state index contributed by atoms with van der Waals surface area (Å²) in [5, 5.41) is 2.84. The quantitative estimate of drug-likeness (QED) is 0.599. The number of benzene rings is 2. The van der Waals surface area contributed by atoms with E-state index in [2.05, 4.69) is 10.3 Å². The average Bonchev–Trinajstić information content (AvgIpc) is 3.49. The van der Waals surface area contributed by atoms with Crippen LogP contribution in [0.1, 0.15) is 31.6 Å². The predicted molar refractivity (Wildman–Crippen MR) is 119 cm³/mol. The second-order valence-corrected chi connectivity index (χ2v) is 7.71. The summed E-state index contributed by atoms with van der Waals surface area (Å²) in [6.07, 6.45) is 3.16. The lowest BCUT2D eigenvalue weighted by Gasteiger charge is -2.15. The van der Waals surface area contributed by atoms with E-state index in [9.17, 15) is 9.59 Å². The molecule has 1 aromatic heterocycles. The van der Waals surface area contributed by atoms with Crippen molar-refractivity contribution >= 4 is 11.8 Å². The average molecular weight is 418 g/mol. The van der Waals surface area contributed by atoms with Crippen LogP contribution in [0.4, 0.5) is 0 Å². The van der Waals surface area contributed by atoms with Crippen LogP contribution in [0.15, 0.2) is 65.1 Å². The van der Waals surface area contributed by atoms with Crippen molar-refractivity contribution in [3.8, 4) is 22.6 Å². The van der Waals surface area contributed by atoms with Crippen LogP contribution in [0.2, 0.25) is 0 Å². The van der Waals surface area contributed by atoms with E-state index in [1.807, 2.05) is 65.6 Å². The molecule has 1 fully saturated rings. The van der Waals surface area contributed by atoms with Crippen molar-refractivity contribution in [2.24, 2.45) is 0 Å². The van der Waals surface area contributed by atoms with E-state index in [4.69, 9.17) is 4.42 Å². The summed E-state index contributed by atoms with van der Waals surface area (Å²) >= 11 is 0. The van der Waals surface area contributed by atoms with Crippen LogP contribution in [0, 0.1) is 0 Å². The van der Waals surface area contributed by atoms with Gasteiger partial charge >= 0.3 is 0 Å². The molecule has 1 aliphatic heterocycles. The van der Waals surface area contributed by atoms with E-state index in [-0.39, 0.29) is 18.2 Å². The largest absolute Gasteiger partial charge is 0.440 e. The maximum Gasteiger partial charge on any atom is 0.224 e. The Labute approximate surface area is 182 Å². The molecule has 1 aliphatic rings. The third-order valence-corrected chi connectivity index (χ3v) is 5.44. The summed E-state index contributed by atoms with van der Waals surface area (Å²) in [5.74, 6) is 1.25. The summed E-state index contributed by atoms with van der Waals surface area (Å²) < 4.78 is 6.06. The first-order valence-electron chi connectivity index (χ1n) is 10.9. The first kappa shape index (κ1) is 20.8. The molecule has 3 aromatic rings. The number of aryl methyl sites for hydroxylation is 1. The van der Waals surface area contributed by atoms with E-state index < -0.39 is 0 Å². The number of amides is 2. The molecule has 0 spiro atoms. The fourth-order valence-corrected chi connectivity index (χ4v) is 3.79. The zero-order valence-corrected chi connectivity index (χ0v) is 17.5. The minimum Gasteiger partial charge on any atom is -0.440 e. The van der Waals surface area contributed by atoms with E-state index in [1.165, 1.54) is 0 Å². The molecular weight excluding hydrogens is 390 g/mol. The topological polar surface area (TPSA) is 75.4 Å². The number of nitrogens with zero attached hydrogens (tertiary/aromatic N) is 2. The number of nitrogens with one attached hydrogen (secondary N) is 1. The van der Waals surface area contributed by atoms with E-state index >= 15 is 0 Å². The molecular formula is C25H27N3O3. The van der Waals surface area contributed by atoms with Gasteiger partial charge in [-0.1, -0.05) is 60.7 Å². The van der Waals surface area contributed by atoms with Gasteiger partial charge in [-0.15, -0.1) is 0 Å². The third kappa shape index (κ3) is 5.40. The highest BCUT2D eigenvalue weighted by atomic mass is 16.4. The van der Waals surface area contributed by atoms with E-state index in [0.717, 1.165) is 42.8 Å². The first-order chi connectivity index (χ1) is 15.2. The van der Waals surface area contributed by atoms with E-state index in [1.54, 1.807) is 0 Å². The van der Waals surface area contributed by atoms with Gasteiger partial charge < -0.3 is 14.6 Å². The highest BCUT2D eigenvalue weighted by Gasteiger charge is 2.19. The Balaban J connectivity index is 1.36. The van der Waals surface area contributed by atoms with Gasteiger partial charge in [-0.05, 0) is 12.8 Å². The van der Waals surface area contributed by atoms with Crippen LogP contribution in [0.5, 0.6) is 0 Å². The zero-order chi connectivity index (χ0) is 21.5. The molecule has 2 aromatic carbocycles. The summed E-state index contributed by atoms with van der Waals surface area (Å²) in [6.45, 7) is 2.04. The lowest BCUT2D eigenvalue weighted by Crippen LogP contribution is -2.32. The Kier molecular flexibility index (Phi) is 6.77. The Morgan fingerprint density at radius 2 is 1.55 bits per heavy atom. The Bertz CT molecular complexity index is 952. The smallest absolute Gasteiger partial charge is 0.224 e. The molecule has 0 bridgehead atoms. The fraction of sp³-hybridized carbons (Fsp3) is 0.320. The van der Waals surface area contributed by atoms with E-state index in [0.29, 0.717) is 31.0 Å². The molecule has 1 saturated heterocycles. The maximum absolute atomic E-state index is 12.2. The number of hydrogen-bond acceptors (Lipinski definition) is 4. The minimum absolute atomic E-state index is 0.102. The Hall–Kier alpha value is -3.41. The number of carbonyl (C=O) groups is 2. The van der Waals surface area contributed by atoms with Gasteiger partial charge in [0, 0.05) is 50.0 Å². The molecule has 6 nitrogen and oxygen atoms in total. The SMILES string of the molecule is O=C(CCc1nc(-c2ccccc2)c(-c2ccccc2)o1)NCCC(=O)N1CCCC1. The van der Waals surface area contributed by atoms with Crippen LogP contribution in [0.25, 0.3) is 22.6 Å². The van der Waals surface area contributed by atoms with Gasteiger partial charge in [0.2, 0.25) is 11.8 Å². The van der Waals surface area contributed by atoms with Gasteiger partial charge in [-0.3, -0.25) is 9.59 Å². The molecule has 0 aliphatic carbocycles. The predicted octanol–water partition coefficient (Wildman–Crippen LogP) is 4.07. The van der Waals surface area contributed by atoms with Gasteiger partial charge in [-0.2, -0.15) is 0 Å². The van der Waals surface area contributed by atoms with Crippen molar-refractivity contribution in [3.63, 3.8) is 0 Å². The number of likely N-dealkylation sites (tertiary alicyclic amines) is 1. The molecule has 4 rings (SSSR count). The molecule has 2 amide bonds. The highest BCUT2D eigenvalue weighted by Crippen LogP contribution is 2.32. The van der Waals surface area contributed by atoms with Crippen molar-refractivity contribution in [2.45, 2.75) is 32.1 Å². The van der Waals surface area contributed by atoms with Gasteiger partial charge in [0.05, 0.1) is 0 Å². The summed E-state index contributed by atoms with van der Waals surface area (Å²) in [4.78, 5) is 30.9. The molecule has 31 heavy (non-hydrogen) atoms. The highest BCUT2D eigenvalue weighted by molar-refractivity contribution is 5.79. The van der Waals surface area contributed by atoms with Gasteiger partial charge in [-0.25, -0.2) is 4.98 Å². The van der Waals surface area contributed by atoms with Gasteiger partial charge in [0.15, 0.2) is 11.7 Å². The van der Waals surface area contributed by atoms with Gasteiger partial charge in [0.25, 0.3) is 0 Å². The third-order valence-electron chi connectivity index (χ3n) is 5.44. The zero-order valence-electron chi connectivity index (χ0n) is 17.5.